The van der Waals surface area contributed by atoms with Crippen LogP contribution >= 0.6 is 22.9 Å². The molecule has 30 heavy (non-hydrogen) atoms. The van der Waals surface area contributed by atoms with Crippen molar-refractivity contribution >= 4 is 34.0 Å². The number of benzene rings is 2. The summed E-state index contributed by atoms with van der Waals surface area (Å²) in [5.74, 6) is -0.0838. The molecule has 1 aliphatic heterocycles. The molecule has 3 aromatic rings. The predicted molar refractivity (Wildman–Crippen MR) is 124 cm³/mol. The number of nitrogens with one attached hydrogen (secondary N) is 1. The van der Waals surface area contributed by atoms with Gasteiger partial charge in [0.05, 0.1) is 11.6 Å². The summed E-state index contributed by atoms with van der Waals surface area (Å²) in [5, 5.41) is 4.45. The Morgan fingerprint density at radius 2 is 1.90 bits per heavy atom. The molecule has 0 saturated carbocycles. The molecule has 1 amide bonds. The number of amides is 1. The molecule has 4 nitrogen and oxygen atoms in total. The lowest BCUT2D eigenvalue weighted by Gasteiger charge is -2.25. The topological polar surface area (TPSA) is 45.2 Å². The largest absolute Gasteiger partial charge is 0.301 e. The smallest absolute Gasteiger partial charge is 0.233 e. The molecule has 6 heteroatoms. The number of halogens is 1. The summed E-state index contributed by atoms with van der Waals surface area (Å²) in [6, 6.07) is 18.1. The van der Waals surface area contributed by atoms with E-state index in [1.165, 1.54) is 10.4 Å². The number of anilines is 1. The SMILES string of the molecule is CC(C)C(C(=O)Nc1nc2c(s1)CN(Cc1ccccc1)CC2)c1ccc(Cl)cc1. The summed E-state index contributed by atoms with van der Waals surface area (Å²) in [6.45, 7) is 6.92. The highest BCUT2D eigenvalue weighted by molar-refractivity contribution is 7.15. The summed E-state index contributed by atoms with van der Waals surface area (Å²) >= 11 is 7.61. The zero-order chi connectivity index (χ0) is 21.1. The van der Waals surface area contributed by atoms with E-state index in [1.54, 1.807) is 11.3 Å². The average Bonchev–Trinajstić information content (AvgIpc) is 3.11. The van der Waals surface area contributed by atoms with Crippen LogP contribution in [0, 0.1) is 5.92 Å². The third-order valence-electron chi connectivity index (χ3n) is 5.47. The highest BCUT2D eigenvalue weighted by Gasteiger charge is 2.27. The van der Waals surface area contributed by atoms with Gasteiger partial charge in [-0.1, -0.05) is 67.9 Å². The van der Waals surface area contributed by atoms with Crippen LogP contribution in [0.4, 0.5) is 5.13 Å². The number of rotatable bonds is 6. The van der Waals surface area contributed by atoms with Gasteiger partial charge in [0.2, 0.25) is 5.91 Å². The summed E-state index contributed by atoms with van der Waals surface area (Å²) < 4.78 is 0. The van der Waals surface area contributed by atoms with Crippen molar-refractivity contribution in [3.63, 3.8) is 0 Å². The number of hydrogen-bond donors (Lipinski definition) is 1. The molecule has 0 radical (unpaired) electrons. The van der Waals surface area contributed by atoms with E-state index in [1.807, 2.05) is 30.3 Å². The Hall–Kier alpha value is -2.21. The van der Waals surface area contributed by atoms with Crippen LogP contribution in [0.25, 0.3) is 0 Å². The summed E-state index contributed by atoms with van der Waals surface area (Å²) in [7, 11) is 0. The number of carbonyl (C=O) groups excluding carboxylic acids is 1. The van der Waals surface area contributed by atoms with Gasteiger partial charge in [-0.05, 0) is 29.2 Å². The van der Waals surface area contributed by atoms with Gasteiger partial charge >= 0.3 is 0 Å². The molecular formula is C24H26ClN3OS. The summed E-state index contributed by atoms with van der Waals surface area (Å²) in [4.78, 5) is 21.5. The van der Waals surface area contributed by atoms with Gasteiger partial charge in [-0.2, -0.15) is 0 Å². The minimum atomic E-state index is -0.238. The summed E-state index contributed by atoms with van der Waals surface area (Å²) in [5.41, 5.74) is 3.41. The van der Waals surface area contributed by atoms with Gasteiger partial charge in [0.1, 0.15) is 0 Å². The van der Waals surface area contributed by atoms with Crippen molar-refractivity contribution in [3.05, 3.63) is 81.3 Å². The Morgan fingerprint density at radius 1 is 1.17 bits per heavy atom. The molecule has 1 N–H and O–H groups in total. The number of thiazole rings is 1. The van der Waals surface area contributed by atoms with E-state index in [0.717, 1.165) is 37.3 Å². The fraction of sp³-hybridized carbons (Fsp3) is 0.333. The van der Waals surface area contributed by atoms with Crippen LogP contribution in [0.1, 0.15) is 41.5 Å². The maximum absolute atomic E-state index is 13.1. The lowest BCUT2D eigenvalue weighted by molar-refractivity contribution is -0.118. The third-order valence-corrected chi connectivity index (χ3v) is 6.72. The Balaban J connectivity index is 1.44. The number of hydrogen-bond acceptors (Lipinski definition) is 4. The Kier molecular flexibility index (Phi) is 6.52. The minimum Gasteiger partial charge on any atom is -0.301 e. The number of nitrogens with zero attached hydrogens (tertiary/aromatic N) is 2. The number of fused-ring (bicyclic) bond motifs is 1. The monoisotopic (exact) mass is 439 g/mol. The number of aromatic nitrogens is 1. The first kappa shape index (κ1) is 21.0. The van der Waals surface area contributed by atoms with Crippen molar-refractivity contribution in [2.45, 2.75) is 39.3 Å². The second-order valence-electron chi connectivity index (χ2n) is 8.10. The zero-order valence-electron chi connectivity index (χ0n) is 17.3. The van der Waals surface area contributed by atoms with Gasteiger partial charge in [0, 0.05) is 36.0 Å². The third kappa shape index (κ3) is 4.91. The van der Waals surface area contributed by atoms with Gasteiger partial charge in [-0.3, -0.25) is 9.69 Å². The molecule has 0 spiro atoms. The molecular weight excluding hydrogens is 414 g/mol. The standard InChI is InChI=1S/C24H26ClN3OS/c1-16(2)22(18-8-10-19(25)11-9-18)23(29)27-24-26-20-12-13-28(15-21(20)30-24)14-17-6-4-3-5-7-17/h3-11,16,22H,12-15H2,1-2H3,(H,26,27,29). The van der Waals surface area contributed by atoms with E-state index >= 15 is 0 Å². The predicted octanol–water partition coefficient (Wildman–Crippen LogP) is 5.73. The van der Waals surface area contributed by atoms with Gasteiger partial charge < -0.3 is 5.32 Å². The van der Waals surface area contributed by atoms with E-state index < -0.39 is 0 Å². The molecule has 2 aromatic carbocycles. The quantitative estimate of drug-likeness (QED) is 0.533. The highest BCUT2D eigenvalue weighted by Crippen LogP contribution is 2.32. The summed E-state index contributed by atoms with van der Waals surface area (Å²) in [6.07, 6.45) is 0.916. The van der Waals surface area contributed by atoms with Crippen molar-refractivity contribution in [1.29, 1.82) is 0 Å². The Morgan fingerprint density at radius 3 is 2.60 bits per heavy atom. The molecule has 1 aliphatic rings. The van der Waals surface area contributed by atoms with Crippen LogP contribution in [-0.2, 0) is 24.3 Å². The maximum Gasteiger partial charge on any atom is 0.233 e. The van der Waals surface area contributed by atoms with Crippen LogP contribution in [-0.4, -0.2) is 22.3 Å². The number of carbonyl (C=O) groups is 1. The molecule has 156 valence electrons. The van der Waals surface area contributed by atoms with Gasteiger partial charge in [-0.15, -0.1) is 11.3 Å². The fourth-order valence-corrected chi connectivity index (χ4v) is 5.15. The molecule has 0 aliphatic carbocycles. The molecule has 0 fully saturated rings. The van der Waals surface area contributed by atoms with E-state index in [0.29, 0.717) is 10.2 Å². The molecule has 0 saturated heterocycles. The van der Waals surface area contributed by atoms with E-state index in [2.05, 4.69) is 48.3 Å². The van der Waals surface area contributed by atoms with E-state index in [4.69, 9.17) is 16.6 Å². The van der Waals surface area contributed by atoms with Gasteiger partial charge in [0.25, 0.3) is 0 Å². The van der Waals surface area contributed by atoms with Gasteiger partial charge in [-0.25, -0.2) is 4.98 Å². The zero-order valence-corrected chi connectivity index (χ0v) is 18.8. The molecule has 4 rings (SSSR count). The first-order chi connectivity index (χ1) is 14.5. The fourth-order valence-electron chi connectivity index (χ4n) is 3.97. The Labute approximate surface area is 186 Å². The van der Waals surface area contributed by atoms with Gasteiger partial charge in [0.15, 0.2) is 5.13 Å². The first-order valence-electron chi connectivity index (χ1n) is 10.3. The van der Waals surface area contributed by atoms with Crippen molar-refractivity contribution in [3.8, 4) is 0 Å². The lowest BCUT2D eigenvalue weighted by Crippen LogP contribution is -2.29. The van der Waals surface area contributed by atoms with Crippen molar-refractivity contribution in [1.82, 2.24) is 9.88 Å². The first-order valence-corrected chi connectivity index (χ1v) is 11.5. The molecule has 1 atom stereocenters. The molecule has 0 bridgehead atoms. The second kappa shape index (κ2) is 9.29. The van der Waals surface area contributed by atoms with Crippen LogP contribution < -0.4 is 5.32 Å². The van der Waals surface area contributed by atoms with Crippen LogP contribution in [0.3, 0.4) is 0 Å². The highest BCUT2D eigenvalue weighted by atomic mass is 35.5. The van der Waals surface area contributed by atoms with Crippen molar-refractivity contribution < 1.29 is 4.79 Å². The van der Waals surface area contributed by atoms with Crippen LogP contribution in [0.15, 0.2) is 54.6 Å². The normalized spacial score (nSPS) is 15.1. The van der Waals surface area contributed by atoms with E-state index in [-0.39, 0.29) is 17.7 Å². The Bertz CT molecular complexity index is 1000. The van der Waals surface area contributed by atoms with Crippen molar-refractivity contribution in [2.24, 2.45) is 5.92 Å². The molecule has 1 unspecified atom stereocenters. The van der Waals surface area contributed by atoms with E-state index in [9.17, 15) is 4.79 Å². The molecule has 1 aromatic heterocycles. The van der Waals surface area contributed by atoms with Crippen LogP contribution in [0.2, 0.25) is 5.02 Å². The lowest BCUT2D eigenvalue weighted by atomic mass is 9.88. The van der Waals surface area contributed by atoms with Crippen molar-refractivity contribution in [2.75, 3.05) is 11.9 Å². The van der Waals surface area contributed by atoms with Crippen LogP contribution in [0.5, 0.6) is 0 Å². The average molecular weight is 440 g/mol. The second-order valence-corrected chi connectivity index (χ2v) is 9.62. The minimum absolute atomic E-state index is 0.0143. The maximum atomic E-state index is 13.1. The molecule has 2 heterocycles.